The molecule has 0 spiro atoms. The number of hydrogen-bond acceptors (Lipinski definition) is 2. The molecule has 1 aliphatic rings. The first-order valence-electron chi connectivity index (χ1n) is 7.00. The fourth-order valence-electron chi connectivity index (χ4n) is 2.64. The van der Waals surface area contributed by atoms with Crippen molar-refractivity contribution in [3.05, 3.63) is 26.8 Å². The third-order valence-electron chi connectivity index (χ3n) is 3.45. The highest BCUT2D eigenvalue weighted by molar-refractivity contribution is 14.1. The molecule has 0 fully saturated rings. The third kappa shape index (κ3) is 3.27. The summed E-state index contributed by atoms with van der Waals surface area (Å²) in [6, 6.07) is 4.47. The molecule has 0 saturated carbocycles. The molecule has 2 rings (SSSR count). The van der Waals surface area contributed by atoms with Gasteiger partial charge in [-0.1, -0.05) is 0 Å². The van der Waals surface area contributed by atoms with Crippen LogP contribution in [0, 0.1) is 10.5 Å². The number of aryl methyl sites for hydroxylation is 2. The van der Waals surface area contributed by atoms with Crippen LogP contribution < -0.4 is 4.90 Å². The smallest absolute Gasteiger partial charge is 0.415 e. The number of ether oxygens (including phenoxy) is 1. The average Bonchev–Trinajstić information content (AvgIpc) is 2.27. The van der Waals surface area contributed by atoms with Crippen LogP contribution in [0.25, 0.3) is 0 Å². The SMILES string of the molecule is Cc1cc(I)cc2c1N(C(=O)OC(C)(C)C)[C@H](C)CC2. The molecule has 0 aromatic heterocycles. The minimum atomic E-state index is -0.467. The summed E-state index contributed by atoms with van der Waals surface area (Å²) in [6.45, 7) is 9.87. The zero-order valence-corrected chi connectivity index (χ0v) is 14.9. The monoisotopic (exact) mass is 387 g/mol. The van der Waals surface area contributed by atoms with E-state index in [0.717, 1.165) is 24.1 Å². The van der Waals surface area contributed by atoms with E-state index < -0.39 is 5.60 Å². The average molecular weight is 387 g/mol. The molecule has 1 aromatic carbocycles. The minimum Gasteiger partial charge on any atom is -0.443 e. The molecule has 3 nitrogen and oxygen atoms in total. The molecule has 0 saturated heterocycles. The maximum atomic E-state index is 12.5. The summed E-state index contributed by atoms with van der Waals surface area (Å²) < 4.78 is 6.79. The number of fused-ring (bicyclic) bond motifs is 1. The van der Waals surface area contributed by atoms with Gasteiger partial charge in [0.1, 0.15) is 5.60 Å². The summed E-state index contributed by atoms with van der Waals surface area (Å²) in [5, 5.41) is 0. The number of carbonyl (C=O) groups excluding carboxylic acids is 1. The lowest BCUT2D eigenvalue weighted by Gasteiger charge is -2.37. The van der Waals surface area contributed by atoms with E-state index in [-0.39, 0.29) is 12.1 Å². The Labute approximate surface area is 134 Å². The van der Waals surface area contributed by atoms with Gasteiger partial charge in [-0.05, 0) is 93.3 Å². The van der Waals surface area contributed by atoms with E-state index in [0.29, 0.717) is 0 Å². The summed E-state index contributed by atoms with van der Waals surface area (Å²) in [5.41, 5.74) is 2.96. The van der Waals surface area contributed by atoms with Gasteiger partial charge < -0.3 is 4.74 Å². The summed E-state index contributed by atoms with van der Waals surface area (Å²) in [7, 11) is 0. The normalized spacial score (nSPS) is 18.7. The number of hydrogen-bond donors (Lipinski definition) is 0. The molecule has 0 aliphatic carbocycles. The van der Waals surface area contributed by atoms with Crippen LogP contribution >= 0.6 is 22.6 Å². The molecular weight excluding hydrogens is 365 g/mol. The van der Waals surface area contributed by atoms with Gasteiger partial charge >= 0.3 is 6.09 Å². The first kappa shape index (κ1) is 15.6. The molecule has 0 bridgehead atoms. The van der Waals surface area contributed by atoms with E-state index in [1.165, 1.54) is 9.13 Å². The van der Waals surface area contributed by atoms with Crippen molar-refractivity contribution in [2.75, 3.05) is 4.90 Å². The van der Waals surface area contributed by atoms with Crippen LogP contribution in [0.2, 0.25) is 0 Å². The molecule has 4 heteroatoms. The molecule has 110 valence electrons. The fourth-order valence-corrected chi connectivity index (χ4v) is 3.48. The van der Waals surface area contributed by atoms with Gasteiger partial charge in [-0.25, -0.2) is 4.79 Å². The molecular formula is C16H22INO2. The van der Waals surface area contributed by atoms with Crippen LogP contribution in [0.5, 0.6) is 0 Å². The van der Waals surface area contributed by atoms with Crippen LogP contribution in [0.1, 0.15) is 45.2 Å². The second-order valence-corrected chi connectivity index (χ2v) is 7.71. The van der Waals surface area contributed by atoms with Crippen molar-refractivity contribution in [2.45, 2.75) is 59.1 Å². The highest BCUT2D eigenvalue weighted by Crippen LogP contribution is 2.36. The van der Waals surface area contributed by atoms with Crippen LogP contribution in [0.3, 0.4) is 0 Å². The fraction of sp³-hybridized carbons (Fsp3) is 0.562. The first-order valence-corrected chi connectivity index (χ1v) is 8.08. The summed E-state index contributed by atoms with van der Waals surface area (Å²) in [5.74, 6) is 0. The number of amides is 1. The maximum Gasteiger partial charge on any atom is 0.415 e. The predicted octanol–water partition coefficient (Wildman–Crippen LogP) is 4.68. The number of benzene rings is 1. The molecule has 0 radical (unpaired) electrons. The van der Waals surface area contributed by atoms with Crippen molar-refractivity contribution in [1.82, 2.24) is 0 Å². The van der Waals surface area contributed by atoms with Crippen molar-refractivity contribution in [3.8, 4) is 0 Å². The summed E-state index contributed by atoms with van der Waals surface area (Å²) in [6.07, 6.45) is 1.76. The molecule has 1 aliphatic heterocycles. The Balaban J connectivity index is 2.42. The predicted molar refractivity (Wildman–Crippen MR) is 90.4 cm³/mol. The van der Waals surface area contributed by atoms with Crippen molar-refractivity contribution in [3.63, 3.8) is 0 Å². The molecule has 1 aromatic rings. The van der Waals surface area contributed by atoms with Gasteiger partial charge in [0.2, 0.25) is 0 Å². The topological polar surface area (TPSA) is 29.5 Å². The lowest BCUT2D eigenvalue weighted by atomic mass is 9.94. The molecule has 1 atom stereocenters. The number of halogens is 1. The van der Waals surface area contributed by atoms with Crippen molar-refractivity contribution in [2.24, 2.45) is 0 Å². The van der Waals surface area contributed by atoms with Gasteiger partial charge in [0.15, 0.2) is 0 Å². The Hall–Kier alpha value is -0.780. The molecule has 0 N–H and O–H groups in total. The van der Waals surface area contributed by atoms with E-state index in [4.69, 9.17) is 4.74 Å². The highest BCUT2D eigenvalue weighted by atomic mass is 127. The minimum absolute atomic E-state index is 0.177. The molecule has 1 amide bonds. The number of nitrogens with zero attached hydrogens (tertiary/aromatic N) is 1. The standard InChI is InChI=1S/C16H22INO2/c1-10-8-13(17)9-12-7-6-11(2)18(14(10)12)15(19)20-16(3,4)5/h8-9,11H,6-7H2,1-5H3/t11-/m1/s1. The van der Waals surface area contributed by atoms with Gasteiger partial charge in [-0.3, -0.25) is 4.90 Å². The van der Waals surface area contributed by atoms with Crippen LogP contribution in [0.4, 0.5) is 10.5 Å². The van der Waals surface area contributed by atoms with Crippen molar-refractivity contribution < 1.29 is 9.53 Å². The van der Waals surface area contributed by atoms with Gasteiger partial charge in [0.05, 0.1) is 5.69 Å². The highest BCUT2D eigenvalue weighted by Gasteiger charge is 2.32. The quantitative estimate of drug-likeness (QED) is 0.606. The van der Waals surface area contributed by atoms with Gasteiger partial charge in [-0.15, -0.1) is 0 Å². The Morgan fingerprint density at radius 1 is 1.40 bits per heavy atom. The second kappa shape index (κ2) is 5.54. The third-order valence-corrected chi connectivity index (χ3v) is 4.07. The van der Waals surface area contributed by atoms with Gasteiger partial charge in [-0.2, -0.15) is 0 Å². The number of anilines is 1. The van der Waals surface area contributed by atoms with Crippen molar-refractivity contribution >= 4 is 34.4 Å². The van der Waals surface area contributed by atoms with Crippen molar-refractivity contribution in [1.29, 1.82) is 0 Å². The lowest BCUT2D eigenvalue weighted by molar-refractivity contribution is 0.0563. The summed E-state index contributed by atoms with van der Waals surface area (Å²) in [4.78, 5) is 14.4. The van der Waals surface area contributed by atoms with E-state index in [9.17, 15) is 4.79 Å². The first-order chi connectivity index (χ1) is 9.19. The number of rotatable bonds is 0. The van der Waals surface area contributed by atoms with E-state index in [1.54, 1.807) is 0 Å². The molecule has 20 heavy (non-hydrogen) atoms. The van der Waals surface area contributed by atoms with Gasteiger partial charge in [0.25, 0.3) is 0 Å². The number of carbonyl (C=O) groups is 1. The lowest BCUT2D eigenvalue weighted by Crippen LogP contribution is -2.45. The zero-order chi connectivity index (χ0) is 15.1. The largest absolute Gasteiger partial charge is 0.443 e. The summed E-state index contributed by atoms with van der Waals surface area (Å²) >= 11 is 2.33. The van der Waals surface area contributed by atoms with E-state index in [1.807, 2.05) is 25.7 Å². The Kier molecular flexibility index (Phi) is 4.33. The zero-order valence-electron chi connectivity index (χ0n) is 12.8. The molecule has 1 heterocycles. The Morgan fingerprint density at radius 2 is 2.05 bits per heavy atom. The Bertz CT molecular complexity index is 534. The van der Waals surface area contributed by atoms with E-state index >= 15 is 0 Å². The maximum absolute atomic E-state index is 12.5. The van der Waals surface area contributed by atoms with Crippen LogP contribution in [-0.4, -0.2) is 17.7 Å². The van der Waals surface area contributed by atoms with Gasteiger partial charge in [0, 0.05) is 9.61 Å². The second-order valence-electron chi connectivity index (χ2n) is 6.47. The van der Waals surface area contributed by atoms with Crippen LogP contribution in [0.15, 0.2) is 12.1 Å². The van der Waals surface area contributed by atoms with Crippen LogP contribution in [-0.2, 0) is 11.2 Å². The Morgan fingerprint density at radius 3 is 2.65 bits per heavy atom. The molecule has 0 unspecified atom stereocenters. The van der Waals surface area contributed by atoms with E-state index in [2.05, 4.69) is 48.6 Å².